The molecule has 2 rings (SSSR count). The lowest BCUT2D eigenvalue weighted by Crippen LogP contribution is -2.29. The number of hydrogen-bond donors (Lipinski definition) is 1. The van der Waals surface area contributed by atoms with Gasteiger partial charge in [-0.2, -0.15) is 0 Å². The van der Waals surface area contributed by atoms with Crippen molar-refractivity contribution in [3.63, 3.8) is 0 Å². The van der Waals surface area contributed by atoms with E-state index in [4.69, 9.17) is 5.73 Å². The van der Waals surface area contributed by atoms with Crippen LogP contribution in [0, 0.1) is 11.8 Å². The van der Waals surface area contributed by atoms with Gasteiger partial charge in [0.1, 0.15) is 6.33 Å². The predicted molar refractivity (Wildman–Crippen MR) is 64.9 cm³/mol. The van der Waals surface area contributed by atoms with Crippen LogP contribution in [0.15, 0.2) is 18.7 Å². The van der Waals surface area contributed by atoms with Crippen molar-refractivity contribution in [2.24, 2.45) is 17.6 Å². The summed E-state index contributed by atoms with van der Waals surface area (Å²) >= 11 is 0. The average Bonchev–Trinajstić information content (AvgIpc) is 2.39. The molecule has 0 aliphatic heterocycles. The van der Waals surface area contributed by atoms with Crippen LogP contribution in [0.25, 0.3) is 0 Å². The van der Waals surface area contributed by atoms with Crippen LogP contribution in [-0.2, 0) is 0 Å². The van der Waals surface area contributed by atoms with E-state index >= 15 is 0 Å². The van der Waals surface area contributed by atoms with Crippen LogP contribution >= 0.6 is 0 Å². The van der Waals surface area contributed by atoms with Crippen molar-refractivity contribution in [1.82, 2.24) is 9.97 Å². The van der Waals surface area contributed by atoms with E-state index in [1.807, 2.05) is 12.4 Å². The van der Waals surface area contributed by atoms with Crippen molar-refractivity contribution in [3.8, 4) is 0 Å². The fourth-order valence-electron chi connectivity index (χ4n) is 2.88. The van der Waals surface area contributed by atoms with E-state index in [2.05, 4.69) is 16.9 Å². The Morgan fingerprint density at radius 1 is 1.31 bits per heavy atom. The van der Waals surface area contributed by atoms with Gasteiger partial charge in [-0.05, 0) is 42.7 Å². The molecule has 1 aromatic heterocycles. The molecule has 1 heterocycles. The van der Waals surface area contributed by atoms with Gasteiger partial charge >= 0.3 is 0 Å². The van der Waals surface area contributed by atoms with Gasteiger partial charge in [0.15, 0.2) is 0 Å². The number of nitrogens with two attached hydrogens (primary N) is 1. The molecular weight excluding hydrogens is 198 g/mol. The zero-order valence-corrected chi connectivity index (χ0v) is 9.97. The molecule has 0 saturated heterocycles. The zero-order chi connectivity index (χ0) is 11.4. The Kier molecular flexibility index (Phi) is 3.88. The smallest absolute Gasteiger partial charge is 0.115 e. The Morgan fingerprint density at radius 2 is 2.06 bits per heavy atom. The van der Waals surface area contributed by atoms with E-state index in [9.17, 15) is 0 Å². The highest BCUT2D eigenvalue weighted by Gasteiger charge is 2.30. The molecule has 0 bridgehead atoms. The van der Waals surface area contributed by atoms with E-state index in [0.717, 1.165) is 12.5 Å². The van der Waals surface area contributed by atoms with Gasteiger partial charge < -0.3 is 5.73 Å². The first kappa shape index (κ1) is 11.5. The number of aromatic nitrogens is 2. The Bertz CT molecular complexity index is 312. The number of nitrogens with zero attached hydrogens (tertiary/aromatic N) is 2. The van der Waals surface area contributed by atoms with Gasteiger partial charge in [-0.25, -0.2) is 9.97 Å². The van der Waals surface area contributed by atoms with E-state index in [1.54, 1.807) is 6.33 Å². The molecule has 0 radical (unpaired) electrons. The maximum atomic E-state index is 5.88. The summed E-state index contributed by atoms with van der Waals surface area (Å²) in [5.41, 5.74) is 7.15. The fraction of sp³-hybridized carbons (Fsp3) is 0.692. The Balaban J connectivity index is 2.15. The molecule has 2 N–H and O–H groups in total. The third-order valence-corrected chi connectivity index (χ3v) is 3.99. The fourth-order valence-corrected chi connectivity index (χ4v) is 2.88. The summed E-state index contributed by atoms with van der Waals surface area (Å²) in [4.78, 5) is 8.26. The highest BCUT2D eigenvalue weighted by molar-refractivity contribution is 5.13. The molecule has 0 amide bonds. The third kappa shape index (κ3) is 2.40. The summed E-state index contributed by atoms with van der Waals surface area (Å²) in [5, 5.41) is 0. The molecule has 1 aliphatic rings. The van der Waals surface area contributed by atoms with Crippen molar-refractivity contribution in [2.45, 2.75) is 38.5 Å². The van der Waals surface area contributed by atoms with Crippen molar-refractivity contribution in [1.29, 1.82) is 0 Å². The highest BCUT2D eigenvalue weighted by atomic mass is 14.8. The quantitative estimate of drug-likeness (QED) is 0.849. The first-order chi connectivity index (χ1) is 7.85. The van der Waals surface area contributed by atoms with Crippen molar-refractivity contribution in [2.75, 3.05) is 6.54 Å². The second-order valence-corrected chi connectivity index (χ2v) is 4.86. The molecule has 0 aromatic carbocycles. The second-order valence-electron chi connectivity index (χ2n) is 4.86. The molecule has 3 nitrogen and oxygen atoms in total. The summed E-state index contributed by atoms with van der Waals surface area (Å²) in [7, 11) is 0. The van der Waals surface area contributed by atoms with Gasteiger partial charge in [0, 0.05) is 12.4 Å². The predicted octanol–water partition coefficient (Wildman–Crippen LogP) is 2.35. The van der Waals surface area contributed by atoms with Gasteiger partial charge in [-0.15, -0.1) is 0 Å². The minimum Gasteiger partial charge on any atom is -0.330 e. The lowest BCUT2D eigenvalue weighted by molar-refractivity contribution is 0.235. The molecule has 16 heavy (non-hydrogen) atoms. The summed E-state index contributed by atoms with van der Waals surface area (Å²) < 4.78 is 0. The molecule has 1 aliphatic carbocycles. The van der Waals surface area contributed by atoms with Crippen LogP contribution in [0.4, 0.5) is 0 Å². The summed E-state index contributed by atoms with van der Waals surface area (Å²) in [6.07, 6.45) is 10.6. The van der Waals surface area contributed by atoms with Crippen molar-refractivity contribution >= 4 is 0 Å². The molecule has 3 atom stereocenters. The number of rotatable bonds is 3. The summed E-state index contributed by atoms with van der Waals surface area (Å²) in [6.45, 7) is 3.07. The van der Waals surface area contributed by atoms with E-state index in [1.165, 1.54) is 31.2 Å². The third-order valence-electron chi connectivity index (χ3n) is 3.99. The van der Waals surface area contributed by atoms with E-state index < -0.39 is 0 Å². The molecule has 3 heteroatoms. The van der Waals surface area contributed by atoms with Crippen LogP contribution in [0.3, 0.4) is 0 Å². The molecule has 1 aromatic rings. The standard InChI is InChI=1S/C13H21N3/c1-2-10-3-4-11(6-14)13(5-10)12-7-15-9-16-8-12/h7-11,13H,2-6,14H2,1H3. The molecule has 3 unspecified atom stereocenters. The van der Waals surface area contributed by atoms with Crippen LogP contribution in [0.1, 0.15) is 44.1 Å². The first-order valence-corrected chi connectivity index (χ1v) is 6.30. The average molecular weight is 219 g/mol. The largest absolute Gasteiger partial charge is 0.330 e. The summed E-state index contributed by atoms with van der Waals surface area (Å²) in [6, 6.07) is 0. The Labute approximate surface area is 97.5 Å². The lowest BCUT2D eigenvalue weighted by Gasteiger charge is -2.35. The van der Waals surface area contributed by atoms with Crippen LogP contribution in [-0.4, -0.2) is 16.5 Å². The van der Waals surface area contributed by atoms with Crippen LogP contribution in [0.2, 0.25) is 0 Å². The maximum Gasteiger partial charge on any atom is 0.115 e. The van der Waals surface area contributed by atoms with Crippen molar-refractivity contribution < 1.29 is 0 Å². The monoisotopic (exact) mass is 219 g/mol. The normalized spacial score (nSPS) is 30.2. The topological polar surface area (TPSA) is 51.8 Å². The highest BCUT2D eigenvalue weighted by Crippen LogP contribution is 2.40. The van der Waals surface area contributed by atoms with Gasteiger partial charge in [0.05, 0.1) is 0 Å². The Morgan fingerprint density at radius 3 is 2.69 bits per heavy atom. The van der Waals surface area contributed by atoms with E-state index in [-0.39, 0.29) is 0 Å². The van der Waals surface area contributed by atoms with Gasteiger partial charge in [0.2, 0.25) is 0 Å². The van der Waals surface area contributed by atoms with Gasteiger partial charge in [-0.3, -0.25) is 0 Å². The van der Waals surface area contributed by atoms with Gasteiger partial charge in [0.25, 0.3) is 0 Å². The minimum atomic E-state index is 0.574. The maximum absolute atomic E-state index is 5.88. The van der Waals surface area contributed by atoms with Gasteiger partial charge in [-0.1, -0.05) is 19.8 Å². The molecule has 1 saturated carbocycles. The SMILES string of the molecule is CCC1CCC(CN)C(c2cncnc2)C1. The summed E-state index contributed by atoms with van der Waals surface area (Å²) in [5.74, 6) is 2.05. The van der Waals surface area contributed by atoms with E-state index in [0.29, 0.717) is 11.8 Å². The Hall–Kier alpha value is -0.960. The van der Waals surface area contributed by atoms with Crippen LogP contribution < -0.4 is 5.73 Å². The molecule has 88 valence electrons. The minimum absolute atomic E-state index is 0.574. The first-order valence-electron chi connectivity index (χ1n) is 6.30. The zero-order valence-electron chi connectivity index (χ0n) is 9.97. The molecule has 0 spiro atoms. The lowest BCUT2D eigenvalue weighted by atomic mass is 9.71. The van der Waals surface area contributed by atoms with Crippen molar-refractivity contribution in [3.05, 3.63) is 24.3 Å². The second kappa shape index (κ2) is 5.39. The molecular formula is C13H21N3. The molecule has 1 fully saturated rings. The van der Waals surface area contributed by atoms with Crippen LogP contribution in [0.5, 0.6) is 0 Å². The number of hydrogen-bond acceptors (Lipinski definition) is 3.